The zero-order chi connectivity index (χ0) is 11.3. The van der Waals surface area contributed by atoms with Crippen LogP contribution in [0.25, 0.3) is 0 Å². The molecule has 15 heavy (non-hydrogen) atoms. The first-order valence-corrected chi connectivity index (χ1v) is 5.61. The molecule has 0 fully saturated rings. The van der Waals surface area contributed by atoms with Crippen LogP contribution in [-0.2, 0) is 10.5 Å². The predicted molar refractivity (Wildman–Crippen MR) is 57.9 cm³/mol. The van der Waals surface area contributed by atoms with Crippen molar-refractivity contribution < 1.29 is 19.1 Å². The maximum atomic E-state index is 11.2. The summed E-state index contributed by atoms with van der Waals surface area (Å²) in [6.45, 7) is 2.04. The highest BCUT2D eigenvalue weighted by atomic mass is 32.2. The molecule has 0 saturated carbocycles. The number of carbonyl (C=O) groups excluding carboxylic acids is 1. The summed E-state index contributed by atoms with van der Waals surface area (Å²) in [5, 5.41) is 9.00. The monoisotopic (exact) mass is 230 g/mol. The first kappa shape index (κ1) is 12.1. The second-order valence-corrected chi connectivity index (χ2v) is 4.50. The van der Waals surface area contributed by atoms with Gasteiger partial charge in [-0.3, -0.25) is 0 Å². The van der Waals surface area contributed by atoms with Crippen LogP contribution in [0.2, 0.25) is 0 Å². The molecule has 4 nitrogen and oxygen atoms in total. The number of carbonyl (C=O) groups is 1. The standard InChI is InChI=1S/C10H14O4S/c1-7(5-11)15-6-8-3-4-14-9(8)10(12)13-2/h3-4,7,11H,5-6H2,1-2H3. The van der Waals surface area contributed by atoms with Crippen LogP contribution in [0.1, 0.15) is 23.0 Å². The van der Waals surface area contributed by atoms with Gasteiger partial charge in [0.2, 0.25) is 5.76 Å². The highest BCUT2D eigenvalue weighted by molar-refractivity contribution is 7.99. The highest BCUT2D eigenvalue weighted by Crippen LogP contribution is 2.21. The van der Waals surface area contributed by atoms with Crippen LogP contribution in [-0.4, -0.2) is 30.0 Å². The summed E-state index contributed by atoms with van der Waals surface area (Å²) in [5.74, 6) is 0.408. The van der Waals surface area contributed by atoms with E-state index in [0.29, 0.717) is 5.75 Å². The Labute approximate surface area is 92.6 Å². The third-order valence-electron chi connectivity index (χ3n) is 1.90. The van der Waals surface area contributed by atoms with E-state index in [1.165, 1.54) is 13.4 Å². The number of furan rings is 1. The Bertz CT molecular complexity index is 321. The molecule has 0 aliphatic heterocycles. The van der Waals surface area contributed by atoms with Crippen LogP contribution in [0.4, 0.5) is 0 Å². The van der Waals surface area contributed by atoms with Gasteiger partial charge < -0.3 is 14.3 Å². The number of aliphatic hydroxyl groups excluding tert-OH is 1. The Hall–Kier alpha value is -0.940. The van der Waals surface area contributed by atoms with Gasteiger partial charge in [0.1, 0.15) is 0 Å². The van der Waals surface area contributed by atoms with Crippen molar-refractivity contribution in [2.75, 3.05) is 13.7 Å². The average Bonchev–Trinajstić information content (AvgIpc) is 2.72. The Balaban J connectivity index is 2.61. The zero-order valence-corrected chi connectivity index (χ0v) is 9.54. The minimum atomic E-state index is -0.466. The van der Waals surface area contributed by atoms with E-state index < -0.39 is 5.97 Å². The van der Waals surface area contributed by atoms with Crippen molar-refractivity contribution in [1.29, 1.82) is 0 Å². The lowest BCUT2D eigenvalue weighted by Gasteiger charge is -2.06. The Kier molecular flexibility index (Phi) is 4.71. The molecule has 0 aliphatic carbocycles. The molecule has 0 saturated heterocycles. The smallest absolute Gasteiger partial charge is 0.374 e. The van der Waals surface area contributed by atoms with Gasteiger partial charge in [-0.25, -0.2) is 4.79 Å². The van der Waals surface area contributed by atoms with Crippen LogP contribution in [0, 0.1) is 0 Å². The maximum Gasteiger partial charge on any atom is 0.374 e. The van der Waals surface area contributed by atoms with Crippen molar-refractivity contribution in [1.82, 2.24) is 0 Å². The molecule has 1 atom stereocenters. The minimum absolute atomic E-state index is 0.121. The second kappa shape index (κ2) is 5.82. The molecule has 5 heteroatoms. The van der Waals surface area contributed by atoms with E-state index in [0.717, 1.165) is 5.56 Å². The van der Waals surface area contributed by atoms with Crippen LogP contribution in [0.3, 0.4) is 0 Å². The lowest BCUT2D eigenvalue weighted by Crippen LogP contribution is -2.05. The SMILES string of the molecule is COC(=O)c1occc1CSC(C)CO. The van der Waals surface area contributed by atoms with Crippen molar-refractivity contribution in [2.45, 2.75) is 17.9 Å². The van der Waals surface area contributed by atoms with E-state index >= 15 is 0 Å². The first-order valence-electron chi connectivity index (χ1n) is 4.56. The maximum absolute atomic E-state index is 11.2. The number of hydrogen-bond donors (Lipinski definition) is 1. The minimum Gasteiger partial charge on any atom is -0.463 e. The molecule has 1 N–H and O–H groups in total. The largest absolute Gasteiger partial charge is 0.463 e. The average molecular weight is 230 g/mol. The summed E-state index contributed by atoms with van der Waals surface area (Å²) < 4.78 is 9.61. The van der Waals surface area contributed by atoms with E-state index in [-0.39, 0.29) is 17.6 Å². The van der Waals surface area contributed by atoms with Gasteiger partial charge in [-0.1, -0.05) is 6.92 Å². The fourth-order valence-electron chi connectivity index (χ4n) is 1.01. The molecule has 0 amide bonds. The molecule has 1 aromatic rings. The molecule has 0 aromatic carbocycles. The fourth-order valence-corrected chi connectivity index (χ4v) is 1.80. The molecule has 0 aliphatic rings. The number of esters is 1. The van der Waals surface area contributed by atoms with Crippen molar-refractivity contribution in [3.63, 3.8) is 0 Å². The second-order valence-electron chi connectivity index (χ2n) is 3.07. The predicted octanol–water partition coefficient (Wildman–Crippen LogP) is 1.68. The summed E-state index contributed by atoms with van der Waals surface area (Å²) in [4.78, 5) is 11.2. The van der Waals surface area contributed by atoms with Crippen molar-refractivity contribution in [3.05, 3.63) is 23.7 Å². The van der Waals surface area contributed by atoms with E-state index in [9.17, 15) is 4.79 Å². The Morgan fingerprint density at radius 1 is 1.73 bits per heavy atom. The van der Waals surface area contributed by atoms with Crippen molar-refractivity contribution >= 4 is 17.7 Å². The molecular formula is C10H14O4S. The molecule has 1 unspecified atom stereocenters. The molecule has 0 spiro atoms. The Morgan fingerprint density at radius 3 is 3.07 bits per heavy atom. The summed E-state index contributed by atoms with van der Waals surface area (Å²) in [6, 6.07) is 1.74. The molecule has 1 aromatic heterocycles. The van der Waals surface area contributed by atoms with Gasteiger partial charge in [-0.2, -0.15) is 11.8 Å². The summed E-state index contributed by atoms with van der Waals surface area (Å²) in [5.41, 5.74) is 0.798. The van der Waals surface area contributed by atoms with Gasteiger partial charge in [0, 0.05) is 16.6 Å². The Morgan fingerprint density at radius 2 is 2.47 bits per heavy atom. The summed E-state index contributed by atoms with van der Waals surface area (Å²) >= 11 is 1.56. The first-order chi connectivity index (χ1) is 7.19. The van der Waals surface area contributed by atoms with Gasteiger partial charge in [0.25, 0.3) is 0 Å². The van der Waals surface area contributed by atoms with Gasteiger partial charge in [-0.05, 0) is 6.07 Å². The molecule has 0 bridgehead atoms. The van der Waals surface area contributed by atoms with Crippen LogP contribution >= 0.6 is 11.8 Å². The number of rotatable bonds is 5. The highest BCUT2D eigenvalue weighted by Gasteiger charge is 2.16. The molecular weight excluding hydrogens is 216 g/mol. The summed E-state index contributed by atoms with van der Waals surface area (Å²) in [6.07, 6.45) is 1.46. The number of aliphatic hydroxyl groups is 1. The fraction of sp³-hybridized carbons (Fsp3) is 0.500. The van der Waals surface area contributed by atoms with E-state index in [4.69, 9.17) is 9.52 Å². The van der Waals surface area contributed by atoms with Crippen molar-refractivity contribution in [3.8, 4) is 0 Å². The topological polar surface area (TPSA) is 59.7 Å². The normalized spacial score (nSPS) is 12.5. The number of ether oxygens (including phenoxy) is 1. The van der Waals surface area contributed by atoms with Gasteiger partial charge in [0.05, 0.1) is 20.0 Å². The van der Waals surface area contributed by atoms with Crippen LogP contribution in [0.5, 0.6) is 0 Å². The number of methoxy groups -OCH3 is 1. The lowest BCUT2D eigenvalue weighted by atomic mass is 10.3. The van der Waals surface area contributed by atoms with E-state index in [1.807, 2.05) is 6.92 Å². The lowest BCUT2D eigenvalue weighted by molar-refractivity contribution is 0.0564. The quantitative estimate of drug-likeness (QED) is 0.780. The van der Waals surface area contributed by atoms with Gasteiger partial charge >= 0.3 is 5.97 Å². The molecule has 1 heterocycles. The molecule has 84 valence electrons. The van der Waals surface area contributed by atoms with Gasteiger partial charge in [-0.15, -0.1) is 0 Å². The van der Waals surface area contributed by atoms with E-state index in [2.05, 4.69) is 4.74 Å². The van der Waals surface area contributed by atoms with Crippen LogP contribution < -0.4 is 0 Å². The zero-order valence-electron chi connectivity index (χ0n) is 8.73. The molecule has 1 rings (SSSR count). The van der Waals surface area contributed by atoms with E-state index in [1.54, 1.807) is 17.8 Å². The molecule has 0 radical (unpaired) electrons. The summed E-state index contributed by atoms with van der Waals surface area (Å²) in [7, 11) is 1.32. The van der Waals surface area contributed by atoms with Gasteiger partial charge in [0.15, 0.2) is 0 Å². The number of hydrogen-bond acceptors (Lipinski definition) is 5. The number of thioether (sulfide) groups is 1. The van der Waals surface area contributed by atoms with Crippen molar-refractivity contribution in [2.24, 2.45) is 0 Å². The van der Waals surface area contributed by atoms with Crippen LogP contribution in [0.15, 0.2) is 16.7 Å². The third-order valence-corrected chi connectivity index (χ3v) is 3.09. The third kappa shape index (κ3) is 3.28.